The molecule has 3 aromatic heterocycles. The molecule has 1 N–H and O–H groups in total. The molecule has 0 aliphatic heterocycles. The number of aromatic nitrogens is 4. The first kappa shape index (κ1) is 33.8. The topological polar surface area (TPSA) is 73.1 Å². The number of phenolic OH excluding ortho intramolecular Hbond substituents is 1. The average Bonchev–Trinajstić information content (AvgIpc) is 3.68. The predicted octanol–water partition coefficient (Wildman–Crippen LogP) is 13.3. The van der Waals surface area contributed by atoms with Crippen LogP contribution in [0.3, 0.4) is 0 Å². The van der Waals surface area contributed by atoms with Crippen molar-refractivity contribution in [2.24, 2.45) is 0 Å². The van der Waals surface area contributed by atoms with Gasteiger partial charge in [0, 0.05) is 45.5 Å². The number of fused-ring (bicyclic) bond motifs is 5. The van der Waals surface area contributed by atoms with Gasteiger partial charge < -0.3 is 9.40 Å². The molecule has 0 spiro atoms. The number of para-hydroxylation sites is 3. The number of rotatable bonds is 6. The molecule has 8 aromatic carbocycles. The molecule has 274 valence electrons. The maximum absolute atomic E-state index is 12.0. The normalized spacial score (nSPS) is 11.6. The monoisotopic (exact) mass is 766 g/mol. The Morgan fingerprint density at radius 2 is 1.14 bits per heavy atom. The minimum atomic E-state index is 0.145. The summed E-state index contributed by atoms with van der Waals surface area (Å²) in [6.45, 7) is 0. The largest absolute Gasteiger partial charge is 0.505 e. The Bertz CT molecular complexity index is 3400. The number of hydrogen-bond donors (Lipinski definition) is 1. The number of nitrogens with zero attached hydrogens (tertiary/aromatic N) is 4. The molecule has 11 aromatic rings. The van der Waals surface area contributed by atoms with Gasteiger partial charge in [-0.2, -0.15) is 0 Å². The van der Waals surface area contributed by atoms with E-state index in [9.17, 15) is 5.11 Å². The van der Waals surface area contributed by atoms with Gasteiger partial charge in [-0.25, -0.2) is 4.98 Å². The van der Waals surface area contributed by atoms with Crippen LogP contribution in [0.1, 0.15) is 0 Å². The summed E-state index contributed by atoms with van der Waals surface area (Å²) < 4.78 is 7.45. The van der Waals surface area contributed by atoms with Crippen molar-refractivity contribution >= 4 is 66.3 Å². The Balaban J connectivity index is 1.16. The maximum Gasteiger partial charge on any atom is 0.172 e. The zero-order chi connectivity index (χ0) is 38.7. The molecule has 0 amide bonds. The van der Waals surface area contributed by atoms with Crippen LogP contribution in [0.2, 0.25) is 0 Å². The second kappa shape index (κ2) is 13.6. The van der Waals surface area contributed by atoms with Crippen molar-refractivity contribution < 1.29 is 9.40 Å². The van der Waals surface area contributed by atoms with Crippen LogP contribution in [0.15, 0.2) is 182 Å². The Morgan fingerprint density at radius 3 is 1.95 bits per heavy atom. The standard InChI is InChI=1S/C51H31ClN4O2/c52-58-45-27-26-38(40-15-9-29-54-49(40)45)46-36-13-4-5-14-37(36)47(41-25-22-32-10-8-28-53-48(32)50(41)57)42-30-34(23-24-39(42)46)31-18-20-33(21-19-31)51-55-43-16-6-7-17-44(43)56(51)35-11-2-1-3-12-35/h1-30,57H. The van der Waals surface area contributed by atoms with Gasteiger partial charge in [0.25, 0.3) is 0 Å². The second-order valence-electron chi connectivity index (χ2n) is 14.4. The minimum absolute atomic E-state index is 0.145. The molecule has 3 heterocycles. The van der Waals surface area contributed by atoms with E-state index in [1.54, 1.807) is 12.4 Å². The molecule has 0 fully saturated rings. The number of hydrogen-bond acceptors (Lipinski definition) is 5. The van der Waals surface area contributed by atoms with Gasteiger partial charge in [-0.05, 0) is 104 Å². The van der Waals surface area contributed by atoms with Crippen molar-refractivity contribution in [1.29, 1.82) is 0 Å². The van der Waals surface area contributed by atoms with Crippen molar-refractivity contribution in [1.82, 2.24) is 19.5 Å². The van der Waals surface area contributed by atoms with Crippen molar-refractivity contribution in [3.63, 3.8) is 0 Å². The second-order valence-corrected chi connectivity index (χ2v) is 14.5. The number of aromatic hydroxyl groups is 1. The minimum Gasteiger partial charge on any atom is -0.505 e. The highest BCUT2D eigenvalue weighted by Gasteiger charge is 2.23. The van der Waals surface area contributed by atoms with Gasteiger partial charge in [0.2, 0.25) is 0 Å². The van der Waals surface area contributed by atoms with Crippen molar-refractivity contribution in [3.05, 3.63) is 182 Å². The number of imidazole rings is 1. The van der Waals surface area contributed by atoms with Crippen molar-refractivity contribution in [2.75, 3.05) is 0 Å². The summed E-state index contributed by atoms with van der Waals surface area (Å²) >= 11 is 5.94. The van der Waals surface area contributed by atoms with E-state index >= 15 is 0 Å². The fraction of sp³-hybridized carbons (Fsp3) is 0. The van der Waals surface area contributed by atoms with E-state index in [-0.39, 0.29) is 5.75 Å². The van der Waals surface area contributed by atoms with Crippen LogP contribution in [-0.2, 0) is 0 Å². The van der Waals surface area contributed by atoms with Gasteiger partial charge in [-0.3, -0.25) is 14.5 Å². The summed E-state index contributed by atoms with van der Waals surface area (Å²) in [6, 6.07) is 58.0. The van der Waals surface area contributed by atoms with Gasteiger partial charge >= 0.3 is 0 Å². The van der Waals surface area contributed by atoms with Crippen LogP contribution in [0.5, 0.6) is 11.5 Å². The molecule has 0 saturated carbocycles. The fourth-order valence-corrected chi connectivity index (χ4v) is 8.69. The summed E-state index contributed by atoms with van der Waals surface area (Å²) in [6.07, 6.45) is 3.46. The van der Waals surface area contributed by atoms with E-state index in [0.29, 0.717) is 22.3 Å². The SMILES string of the molecule is Oc1c(-c2c3ccccc3c(-c3ccc(OCl)c4ncccc34)c3ccc(-c4ccc(-c5nc6ccccc6n5-c5ccccc5)cc4)cc23)ccc2cccnc12. The lowest BCUT2D eigenvalue weighted by Crippen LogP contribution is -1.97. The Morgan fingerprint density at radius 1 is 0.500 bits per heavy atom. The summed E-state index contributed by atoms with van der Waals surface area (Å²) in [5.41, 5.74) is 11.1. The molecule has 0 atom stereocenters. The number of benzene rings is 8. The maximum atomic E-state index is 12.0. The quantitative estimate of drug-likeness (QED) is 0.171. The summed E-state index contributed by atoms with van der Waals surface area (Å²) in [5, 5.41) is 17.8. The molecule has 0 bridgehead atoms. The fourth-order valence-electron chi connectivity index (χ4n) is 8.57. The van der Waals surface area contributed by atoms with E-state index in [2.05, 4.69) is 130 Å². The molecule has 7 heteroatoms. The van der Waals surface area contributed by atoms with Crippen LogP contribution < -0.4 is 4.29 Å². The van der Waals surface area contributed by atoms with Crippen molar-refractivity contribution in [2.45, 2.75) is 0 Å². The Labute approximate surface area is 338 Å². The van der Waals surface area contributed by atoms with Crippen LogP contribution in [0.25, 0.3) is 105 Å². The van der Waals surface area contributed by atoms with Crippen molar-refractivity contribution in [3.8, 4) is 62.0 Å². The lowest BCUT2D eigenvalue weighted by atomic mass is 9.83. The van der Waals surface area contributed by atoms with E-state index in [4.69, 9.17) is 21.1 Å². The third kappa shape index (κ3) is 5.30. The van der Waals surface area contributed by atoms with E-state index in [1.165, 1.54) is 0 Å². The lowest BCUT2D eigenvalue weighted by Gasteiger charge is -2.20. The summed E-state index contributed by atoms with van der Waals surface area (Å²) in [5.74, 6) is 1.51. The predicted molar refractivity (Wildman–Crippen MR) is 237 cm³/mol. The average molecular weight is 767 g/mol. The molecule has 0 aliphatic rings. The lowest BCUT2D eigenvalue weighted by molar-refractivity contribution is 0.482. The molecule has 0 unspecified atom stereocenters. The molecule has 0 aliphatic carbocycles. The summed E-state index contributed by atoms with van der Waals surface area (Å²) in [4.78, 5) is 14.4. The zero-order valence-corrected chi connectivity index (χ0v) is 31.6. The number of halogens is 1. The van der Waals surface area contributed by atoms with E-state index in [1.807, 2.05) is 54.6 Å². The highest BCUT2D eigenvalue weighted by Crippen LogP contribution is 2.49. The van der Waals surface area contributed by atoms with E-state index in [0.717, 1.165) is 88.2 Å². The van der Waals surface area contributed by atoms with Crippen LogP contribution in [-0.4, -0.2) is 24.6 Å². The molecule has 6 nitrogen and oxygen atoms in total. The zero-order valence-electron chi connectivity index (χ0n) is 30.8. The van der Waals surface area contributed by atoms with Gasteiger partial charge in [0.05, 0.1) is 11.0 Å². The first-order chi connectivity index (χ1) is 28.7. The van der Waals surface area contributed by atoms with Crippen LogP contribution in [0.4, 0.5) is 0 Å². The first-order valence-corrected chi connectivity index (χ1v) is 19.3. The number of pyridine rings is 2. The Kier molecular flexibility index (Phi) is 7.91. The molecule has 0 saturated heterocycles. The Hall–Kier alpha value is -7.54. The molecular formula is C51H31ClN4O2. The third-order valence-corrected chi connectivity index (χ3v) is 11.3. The van der Waals surface area contributed by atoms with Gasteiger partial charge in [0.15, 0.2) is 5.75 Å². The number of phenols is 1. The van der Waals surface area contributed by atoms with Crippen LogP contribution in [0, 0.1) is 0 Å². The van der Waals surface area contributed by atoms with E-state index < -0.39 is 0 Å². The van der Waals surface area contributed by atoms with Gasteiger partial charge in [0.1, 0.15) is 34.5 Å². The first-order valence-electron chi connectivity index (χ1n) is 19.0. The van der Waals surface area contributed by atoms with Gasteiger partial charge in [-0.15, -0.1) is 0 Å². The molecule has 58 heavy (non-hydrogen) atoms. The highest BCUT2D eigenvalue weighted by molar-refractivity contribution is 6.25. The highest BCUT2D eigenvalue weighted by atomic mass is 35.5. The smallest absolute Gasteiger partial charge is 0.172 e. The van der Waals surface area contributed by atoms with Gasteiger partial charge in [-0.1, -0.05) is 109 Å². The molecule has 11 rings (SSSR count). The molecule has 0 radical (unpaired) electrons. The van der Waals surface area contributed by atoms with Crippen LogP contribution >= 0.6 is 11.9 Å². The third-order valence-electron chi connectivity index (χ3n) is 11.2. The summed E-state index contributed by atoms with van der Waals surface area (Å²) in [7, 11) is 0. The molecular weight excluding hydrogens is 736 g/mol.